The van der Waals surface area contributed by atoms with Gasteiger partial charge in [-0.3, -0.25) is 0 Å². The summed E-state index contributed by atoms with van der Waals surface area (Å²) in [5, 5.41) is 3.19. The molecule has 0 aromatic carbocycles. The molecule has 0 saturated carbocycles. The molecule has 0 amide bonds. The van der Waals surface area contributed by atoms with Crippen LogP contribution in [0.4, 0.5) is 0 Å². The summed E-state index contributed by atoms with van der Waals surface area (Å²) in [6.07, 6.45) is 3.92. The van der Waals surface area contributed by atoms with Gasteiger partial charge in [0.1, 0.15) is 0 Å². The molecule has 0 rings (SSSR count). The molecule has 0 aliphatic carbocycles. The predicted octanol–water partition coefficient (Wildman–Crippen LogP) is 1.03. The molecule has 13 heavy (non-hydrogen) atoms. The second kappa shape index (κ2) is 11.9. The minimum absolute atomic E-state index is 0.575. The van der Waals surface area contributed by atoms with Crippen LogP contribution in [-0.2, 0) is 9.47 Å². The fourth-order valence-corrected chi connectivity index (χ4v) is 0.846. The van der Waals surface area contributed by atoms with Gasteiger partial charge in [-0.05, 0) is 0 Å². The molecular formula is C9H18ClNO2. The van der Waals surface area contributed by atoms with E-state index in [2.05, 4.69) is 5.32 Å². The Morgan fingerprint density at radius 1 is 1.23 bits per heavy atom. The van der Waals surface area contributed by atoms with E-state index in [-0.39, 0.29) is 0 Å². The largest absolute Gasteiger partial charge is 0.382 e. The van der Waals surface area contributed by atoms with Gasteiger partial charge in [0.2, 0.25) is 0 Å². The Morgan fingerprint density at radius 2 is 2.08 bits per heavy atom. The Hall–Kier alpha value is -0.0900. The quantitative estimate of drug-likeness (QED) is 0.348. The lowest BCUT2D eigenvalue weighted by molar-refractivity contribution is 0.0723. The maximum absolute atomic E-state index is 5.45. The summed E-state index contributed by atoms with van der Waals surface area (Å²) in [5.74, 6) is 0.575. The van der Waals surface area contributed by atoms with E-state index in [1.807, 2.05) is 12.2 Å². The van der Waals surface area contributed by atoms with Gasteiger partial charge in [0.25, 0.3) is 0 Å². The Morgan fingerprint density at radius 3 is 2.77 bits per heavy atom. The van der Waals surface area contributed by atoms with Crippen LogP contribution in [0.25, 0.3) is 0 Å². The zero-order chi connectivity index (χ0) is 9.78. The van der Waals surface area contributed by atoms with Gasteiger partial charge >= 0.3 is 0 Å². The van der Waals surface area contributed by atoms with E-state index < -0.39 is 0 Å². The number of nitrogens with one attached hydrogen (secondary N) is 1. The summed E-state index contributed by atoms with van der Waals surface area (Å²) in [7, 11) is 1.67. The first-order chi connectivity index (χ1) is 6.41. The highest BCUT2D eigenvalue weighted by atomic mass is 35.5. The van der Waals surface area contributed by atoms with Crippen LogP contribution in [0.5, 0.6) is 0 Å². The molecule has 0 spiro atoms. The van der Waals surface area contributed by atoms with Crippen LogP contribution in [0, 0.1) is 0 Å². The van der Waals surface area contributed by atoms with Crippen molar-refractivity contribution in [2.45, 2.75) is 0 Å². The fraction of sp³-hybridized carbons (Fsp3) is 0.778. The molecule has 0 heterocycles. The van der Waals surface area contributed by atoms with Crippen LogP contribution in [0.2, 0.25) is 0 Å². The molecule has 0 aromatic heterocycles. The van der Waals surface area contributed by atoms with Crippen molar-refractivity contribution in [3.8, 4) is 0 Å². The van der Waals surface area contributed by atoms with Crippen molar-refractivity contribution in [3.63, 3.8) is 0 Å². The molecule has 0 aliphatic heterocycles. The zero-order valence-electron chi connectivity index (χ0n) is 8.09. The monoisotopic (exact) mass is 207 g/mol. The van der Waals surface area contributed by atoms with Gasteiger partial charge in [-0.1, -0.05) is 12.2 Å². The fourth-order valence-electron chi connectivity index (χ4n) is 0.720. The first-order valence-electron chi connectivity index (χ1n) is 4.40. The first-order valence-corrected chi connectivity index (χ1v) is 4.93. The van der Waals surface area contributed by atoms with Crippen LogP contribution >= 0.6 is 11.6 Å². The highest BCUT2D eigenvalue weighted by Crippen LogP contribution is 1.77. The van der Waals surface area contributed by atoms with E-state index in [1.54, 1.807) is 7.11 Å². The van der Waals surface area contributed by atoms with Crippen molar-refractivity contribution in [1.29, 1.82) is 0 Å². The number of allylic oxidation sites excluding steroid dienone is 1. The zero-order valence-corrected chi connectivity index (χ0v) is 8.85. The minimum Gasteiger partial charge on any atom is -0.382 e. The Balaban J connectivity index is 2.87. The van der Waals surface area contributed by atoms with Gasteiger partial charge in [0.15, 0.2) is 0 Å². The average molecular weight is 208 g/mol. The van der Waals surface area contributed by atoms with Gasteiger partial charge in [-0.15, -0.1) is 11.6 Å². The van der Waals surface area contributed by atoms with Crippen LogP contribution in [0.1, 0.15) is 0 Å². The molecule has 0 saturated heterocycles. The Labute approximate surface area is 85.0 Å². The second-order valence-electron chi connectivity index (χ2n) is 2.44. The molecule has 0 atom stereocenters. The smallest absolute Gasteiger partial charge is 0.0700 e. The van der Waals surface area contributed by atoms with E-state index in [4.69, 9.17) is 21.1 Å². The third-order valence-electron chi connectivity index (χ3n) is 1.37. The number of methoxy groups -OCH3 is 1. The molecule has 0 unspecified atom stereocenters. The lowest BCUT2D eigenvalue weighted by Gasteiger charge is -2.03. The number of ether oxygens (including phenoxy) is 2. The SMILES string of the molecule is COCCOCCNC/C=C/CCl. The van der Waals surface area contributed by atoms with Gasteiger partial charge in [0, 0.05) is 26.1 Å². The van der Waals surface area contributed by atoms with Crippen molar-refractivity contribution in [2.75, 3.05) is 45.9 Å². The second-order valence-corrected chi connectivity index (χ2v) is 2.74. The first kappa shape index (κ1) is 12.9. The van der Waals surface area contributed by atoms with Crippen molar-refractivity contribution < 1.29 is 9.47 Å². The van der Waals surface area contributed by atoms with Crippen LogP contribution in [0.3, 0.4) is 0 Å². The van der Waals surface area contributed by atoms with Crippen molar-refractivity contribution in [2.24, 2.45) is 0 Å². The molecule has 3 nitrogen and oxygen atoms in total. The van der Waals surface area contributed by atoms with E-state index in [9.17, 15) is 0 Å². The standard InChI is InChI=1S/C9H18ClNO2/c1-12-8-9-13-7-6-11-5-3-2-4-10/h2-3,11H,4-9H2,1H3/b3-2+. The normalized spacial score (nSPS) is 11.2. The topological polar surface area (TPSA) is 30.5 Å². The lowest BCUT2D eigenvalue weighted by Crippen LogP contribution is -2.20. The molecule has 0 bridgehead atoms. The lowest BCUT2D eigenvalue weighted by atomic mass is 10.5. The number of hydrogen-bond acceptors (Lipinski definition) is 3. The highest BCUT2D eigenvalue weighted by Gasteiger charge is 1.86. The van der Waals surface area contributed by atoms with E-state index in [0.29, 0.717) is 19.1 Å². The molecule has 0 aliphatic rings. The van der Waals surface area contributed by atoms with Crippen LogP contribution < -0.4 is 5.32 Å². The highest BCUT2D eigenvalue weighted by molar-refractivity contribution is 6.18. The molecule has 1 N–H and O–H groups in total. The summed E-state index contributed by atoms with van der Waals surface area (Å²) >= 11 is 5.45. The molecule has 78 valence electrons. The van der Waals surface area contributed by atoms with Gasteiger partial charge in [-0.25, -0.2) is 0 Å². The Bertz CT molecular complexity index is 120. The van der Waals surface area contributed by atoms with Gasteiger partial charge < -0.3 is 14.8 Å². The summed E-state index contributed by atoms with van der Waals surface area (Å²) in [5.41, 5.74) is 0. The summed E-state index contributed by atoms with van der Waals surface area (Å²) < 4.78 is 10.1. The summed E-state index contributed by atoms with van der Waals surface area (Å²) in [4.78, 5) is 0. The summed E-state index contributed by atoms with van der Waals surface area (Å²) in [6, 6.07) is 0. The third-order valence-corrected chi connectivity index (χ3v) is 1.55. The van der Waals surface area contributed by atoms with Crippen LogP contribution in [-0.4, -0.2) is 45.9 Å². The van der Waals surface area contributed by atoms with E-state index in [1.165, 1.54) is 0 Å². The van der Waals surface area contributed by atoms with Crippen molar-refractivity contribution in [1.82, 2.24) is 5.32 Å². The molecule has 0 aromatic rings. The Kier molecular flexibility index (Phi) is 11.8. The number of halogens is 1. The number of rotatable bonds is 9. The number of alkyl halides is 1. The molecule has 4 heteroatoms. The van der Waals surface area contributed by atoms with Gasteiger partial charge in [-0.2, -0.15) is 0 Å². The minimum atomic E-state index is 0.575. The molecule has 0 fully saturated rings. The van der Waals surface area contributed by atoms with Crippen LogP contribution in [0.15, 0.2) is 12.2 Å². The van der Waals surface area contributed by atoms with Crippen molar-refractivity contribution in [3.05, 3.63) is 12.2 Å². The van der Waals surface area contributed by atoms with E-state index >= 15 is 0 Å². The van der Waals surface area contributed by atoms with E-state index in [0.717, 1.165) is 19.7 Å². The maximum atomic E-state index is 5.45. The summed E-state index contributed by atoms with van der Waals surface area (Å²) in [6.45, 7) is 3.75. The molecule has 0 radical (unpaired) electrons. The van der Waals surface area contributed by atoms with Crippen molar-refractivity contribution >= 4 is 11.6 Å². The van der Waals surface area contributed by atoms with Gasteiger partial charge in [0.05, 0.1) is 19.8 Å². The predicted molar refractivity (Wildman–Crippen MR) is 55.4 cm³/mol. The maximum Gasteiger partial charge on any atom is 0.0700 e. The molecular weight excluding hydrogens is 190 g/mol. The third kappa shape index (κ3) is 11.9. The average Bonchev–Trinajstić information content (AvgIpc) is 2.16. The number of hydrogen-bond donors (Lipinski definition) is 1.